The molecule has 0 aliphatic carbocycles. The molecule has 0 aromatic rings. The van der Waals surface area contributed by atoms with Gasteiger partial charge in [-0.05, 0) is 113 Å². The van der Waals surface area contributed by atoms with Crippen molar-refractivity contribution in [1.29, 1.82) is 0 Å². The van der Waals surface area contributed by atoms with Crippen molar-refractivity contribution in [2.45, 2.75) is 89.0 Å². The predicted octanol–water partition coefficient (Wildman–Crippen LogP) is 11.2. The minimum absolute atomic E-state index is 0.795. The third kappa shape index (κ3) is 30.1. The van der Waals surface area contributed by atoms with E-state index in [1.807, 2.05) is 41.9 Å². The van der Waals surface area contributed by atoms with Crippen LogP contribution in [-0.2, 0) is 0 Å². The summed E-state index contributed by atoms with van der Waals surface area (Å²) in [5, 5.41) is 6.52. The Hall–Kier alpha value is -3.74. The van der Waals surface area contributed by atoms with Crippen molar-refractivity contribution in [3.8, 4) is 12.8 Å². The summed E-state index contributed by atoms with van der Waals surface area (Å²) in [5.41, 5.74) is 14.3. The number of nitrogens with zero attached hydrogens (tertiary/aromatic N) is 1. The molecule has 0 saturated heterocycles. The minimum Gasteiger partial charge on any atom is -0.384 e. The number of nitrogens with one attached hydrogen (secondary N) is 2. The number of rotatable bonds is 15. The van der Waals surface area contributed by atoms with E-state index in [0.29, 0.717) is 0 Å². The topological polar surface area (TPSA) is 27.3 Å². The average molecular weight is 616 g/mol. The fraction of sp³-hybridized carbons (Fsp3) is 0.429. The quantitative estimate of drug-likeness (QED) is 0.109. The predicted molar refractivity (Wildman–Crippen MR) is 210 cm³/mol. The molecule has 0 fully saturated rings. The highest BCUT2D eigenvalue weighted by Gasteiger charge is 2.05. The molecular weight excluding hydrogens is 546 g/mol. The van der Waals surface area contributed by atoms with Gasteiger partial charge in [0, 0.05) is 27.2 Å². The van der Waals surface area contributed by atoms with E-state index in [1.54, 1.807) is 0 Å². The van der Waals surface area contributed by atoms with Gasteiger partial charge in [-0.3, -0.25) is 0 Å². The van der Waals surface area contributed by atoms with Crippen LogP contribution in [0.2, 0.25) is 0 Å². The Balaban J connectivity index is -0.000000319. The number of likely N-dealkylation sites (N-methyl/N-ethyl adjacent to an activating group) is 2. The molecule has 252 valence electrons. The molecule has 0 aromatic carbocycles. The molecule has 3 nitrogen and oxygen atoms in total. The molecule has 0 spiro atoms. The molecule has 0 aliphatic rings. The van der Waals surface area contributed by atoms with Gasteiger partial charge >= 0.3 is 0 Å². The number of hydrogen-bond donors (Lipinski definition) is 2. The first kappa shape index (κ1) is 48.2. The van der Waals surface area contributed by atoms with Gasteiger partial charge in [0.15, 0.2) is 0 Å². The van der Waals surface area contributed by atoms with Gasteiger partial charge in [0.05, 0.1) is 11.4 Å². The van der Waals surface area contributed by atoms with Gasteiger partial charge in [0.2, 0.25) is 0 Å². The van der Waals surface area contributed by atoms with Crippen molar-refractivity contribution in [1.82, 2.24) is 15.5 Å². The van der Waals surface area contributed by atoms with Crippen LogP contribution in [0.5, 0.6) is 0 Å². The summed E-state index contributed by atoms with van der Waals surface area (Å²) in [6, 6.07) is 0. The maximum absolute atomic E-state index is 4.15. The van der Waals surface area contributed by atoms with Gasteiger partial charge in [0.1, 0.15) is 0 Å². The molecular formula is C42H69N3. The molecule has 45 heavy (non-hydrogen) atoms. The lowest BCUT2D eigenvalue weighted by Crippen LogP contribution is -2.22. The van der Waals surface area contributed by atoms with Crippen molar-refractivity contribution >= 4 is 0 Å². The first-order valence-electron chi connectivity index (χ1n) is 15.5. The smallest absolute Gasteiger partial charge is 0.0553 e. The van der Waals surface area contributed by atoms with Crippen molar-refractivity contribution in [3.05, 3.63) is 130 Å². The maximum atomic E-state index is 4.15. The van der Waals surface area contributed by atoms with Gasteiger partial charge in [-0.1, -0.05) is 102 Å². The lowest BCUT2D eigenvalue weighted by atomic mass is 10.0. The molecule has 3 heteroatoms. The maximum Gasteiger partial charge on any atom is 0.0553 e. The molecule has 0 radical (unpaired) electrons. The third-order valence-corrected chi connectivity index (χ3v) is 6.43. The van der Waals surface area contributed by atoms with Crippen LogP contribution in [0.1, 0.15) is 89.0 Å². The largest absolute Gasteiger partial charge is 0.384 e. The van der Waals surface area contributed by atoms with E-state index in [-0.39, 0.29) is 0 Å². The molecule has 0 bridgehead atoms. The Morgan fingerprint density at radius 2 is 1.29 bits per heavy atom. The number of allylic oxidation sites excluding steroid dienone is 13. The van der Waals surface area contributed by atoms with Crippen LogP contribution in [0.15, 0.2) is 130 Å². The van der Waals surface area contributed by atoms with Crippen LogP contribution in [-0.4, -0.2) is 39.1 Å². The Labute approximate surface area is 281 Å². The summed E-state index contributed by atoms with van der Waals surface area (Å²) >= 11 is 0. The second kappa shape index (κ2) is 29.0. The van der Waals surface area contributed by atoms with E-state index in [2.05, 4.69) is 147 Å². The third-order valence-electron chi connectivity index (χ3n) is 6.43. The average Bonchev–Trinajstić information content (AvgIpc) is 2.92. The highest BCUT2D eigenvalue weighted by molar-refractivity contribution is 5.36. The van der Waals surface area contributed by atoms with E-state index in [4.69, 9.17) is 0 Å². The Morgan fingerprint density at radius 3 is 1.64 bits per heavy atom. The molecule has 0 unspecified atom stereocenters. The first-order valence-corrected chi connectivity index (χ1v) is 15.5. The van der Waals surface area contributed by atoms with E-state index >= 15 is 0 Å². The molecule has 0 saturated carbocycles. The fourth-order valence-corrected chi connectivity index (χ4v) is 3.43. The number of terminal acetylenes is 1. The second-order valence-corrected chi connectivity index (χ2v) is 12.0. The van der Waals surface area contributed by atoms with Crippen LogP contribution in [0, 0.1) is 12.8 Å². The van der Waals surface area contributed by atoms with Crippen molar-refractivity contribution in [3.63, 3.8) is 0 Å². The van der Waals surface area contributed by atoms with Crippen molar-refractivity contribution in [2.75, 3.05) is 34.2 Å². The normalized spacial score (nSPS) is 11.1. The zero-order valence-corrected chi connectivity index (χ0v) is 31.9. The summed E-state index contributed by atoms with van der Waals surface area (Å²) in [4.78, 5) is 2.07. The van der Waals surface area contributed by atoms with Crippen LogP contribution < -0.4 is 10.6 Å². The zero-order chi connectivity index (χ0) is 36.3. The minimum atomic E-state index is 0.795. The summed E-state index contributed by atoms with van der Waals surface area (Å²) < 4.78 is 0. The molecule has 0 aliphatic heterocycles. The Morgan fingerprint density at radius 1 is 0.756 bits per heavy atom. The lowest BCUT2D eigenvalue weighted by molar-refractivity contribution is 0.508. The summed E-state index contributed by atoms with van der Waals surface area (Å²) in [6.07, 6.45) is 20.6. The van der Waals surface area contributed by atoms with Crippen molar-refractivity contribution in [2.24, 2.45) is 0 Å². The van der Waals surface area contributed by atoms with Crippen LogP contribution >= 0.6 is 0 Å². The molecule has 0 aromatic heterocycles. The fourth-order valence-electron chi connectivity index (χ4n) is 3.43. The summed E-state index contributed by atoms with van der Waals surface area (Å²) in [7, 11) is 6.02. The highest BCUT2D eigenvalue weighted by atomic mass is 15.1. The molecule has 2 N–H and O–H groups in total. The SMILES string of the molecule is C#C.C=C(C)/C(C)=C(C)/C=C(\C)CNC.C=C(C)C(=C)C/C=C(/C(=C)NCC/C=C\C(C)=C(C)C)N(C)C.C=C(C)C=C(C)C. The molecule has 0 amide bonds. The zero-order valence-electron chi connectivity index (χ0n) is 31.9. The second-order valence-electron chi connectivity index (χ2n) is 12.0. The van der Waals surface area contributed by atoms with E-state index in [9.17, 15) is 0 Å². The van der Waals surface area contributed by atoms with E-state index in [0.717, 1.165) is 59.6 Å². The monoisotopic (exact) mass is 616 g/mol. The van der Waals surface area contributed by atoms with E-state index in [1.165, 1.54) is 33.4 Å². The van der Waals surface area contributed by atoms with Gasteiger partial charge in [-0.2, -0.15) is 0 Å². The van der Waals surface area contributed by atoms with Crippen LogP contribution in [0.4, 0.5) is 0 Å². The van der Waals surface area contributed by atoms with Gasteiger partial charge in [-0.15, -0.1) is 12.8 Å². The summed E-state index contributed by atoms with van der Waals surface area (Å²) in [6.45, 7) is 44.5. The van der Waals surface area contributed by atoms with Crippen molar-refractivity contribution < 1.29 is 0 Å². The standard InChI is InChI=1S/C21H34N2.C12H21N.C7H12.C2H2/c1-16(2)18(5)12-10-11-15-22-20(7)21(23(8)9)14-13-19(6)17(3)4;1-9(2)12(5)11(4)7-10(3)8-13-6;1-6(2)5-7(3)4;1-2/h10,12,14,22H,3,6-7,11,13,15H2,1-2,4-5,8-9H3;7,13H,1,8H2,2-6H3;5H,1H2,2-4H3;1-2H/b12-10-,21-14-;10-7+,12-11+;;. The van der Waals surface area contributed by atoms with Gasteiger partial charge < -0.3 is 15.5 Å². The van der Waals surface area contributed by atoms with E-state index < -0.39 is 0 Å². The Kier molecular flexibility index (Phi) is 31.0. The Bertz CT molecular complexity index is 1160. The molecule has 0 atom stereocenters. The highest BCUT2D eigenvalue weighted by Crippen LogP contribution is 2.16. The lowest BCUT2D eigenvalue weighted by Gasteiger charge is -2.21. The molecule has 0 heterocycles. The first-order chi connectivity index (χ1) is 20.8. The van der Waals surface area contributed by atoms with Crippen LogP contribution in [0.3, 0.4) is 0 Å². The van der Waals surface area contributed by atoms with Gasteiger partial charge in [0.25, 0.3) is 0 Å². The summed E-state index contributed by atoms with van der Waals surface area (Å²) in [5.74, 6) is 0. The van der Waals surface area contributed by atoms with Crippen LogP contribution in [0.25, 0.3) is 0 Å². The molecule has 0 rings (SSSR count). The van der Waals surface area contributed by atoms with Gasteiger partial charge in [-0.25, -0.2) is 0 Å². The number of hydrogen-bond acceptors (Lipinski definition) is 3.